The number of alkyl halides is 3. The van der Waals surface area contributed by atoms with Gasteiger partial charge in [-0.05, 0) is 57.3 Å². The highest BCUT2D eigenvalue weighted by Gasteiger charge is 2.42. The SMILES string of the molecule is NC(C1=CCCCCCC1)C1CCC(C(F)(F)F)CC1. The van der Waals surface area contributed by atoms with Crippen LogP contribution >= 0.6 is 0 Å². The van der Waals surface area contributed by atoms with Gasteiger partial charge in [-0.2, -0.15) is 13.2 Å². The van der Waals surface area contributed by atoms with Gasteiger partial charge in [0.25, 0.3) is 0 Å². The smallest absolute Gasteiger partial charge is 0.324 e. The number of nitrogens with two attached hydrogens (primary N) is 1. The van der Waals surface area contributed by atoms with Crippen molar-refractivity contribution in [1.82, 2.24) is 0 Å². The van der Waals surface area contributed by atoms with E-state index < -0.39 is 12.1 Å². The molecule has 1 nitrogen and oxygen atoms in total. The van der Waals surface area contributed by atoms with Gasteiger partial charge in [-0.15, -0.1) is 0 Å². The summed E-state index contributed by atoms with van der Waals surface area (Å²) in [5.41, 5.74) is 7.65. The van der Waals surface area contributed by atoms with Crippen LogP contribution in [0.3, 0.4) is 0 Å². The fraction of sp³-hybridized carbons (Fsp3) is 0.875. The van der Waals surface area contributed by atoms with E-state index in [4.69, 9.17) is 5.73 Å². The third kappa shape index (κ3) is 4.24. The van der Waals surface area contributed by atoms with Crippen LogP contribution in [-0.2, 0) is 0 Å². The summed E-state index contributed by atoms with van der Waals surface area (Å²) in [6.07, 6.45) is 7.08. The lowest BCUT2D eigenvalue weighted by molar-refractivity contribution is -0.184. The lowest BCUT2D eigenvalue weighted by Crippen LogP contribution is -2.37. The van der Waals surface area contributed by atoms with Gasteiger partial charge in [0.2, 0.25) is 0 Å². The van der Waals surface area contributed by atoms with Crippen LogP contribution in [0.15, 0.2) is 11.6 Å². The fourth-order valence-corrected chi connectivity index (χ4v) is 3.63. The molecule has 4 heteroatoms. The van der Waals surface area contributed by atoms with Gasteiger partial charge in [-0.1, -0.05) is 24.5 Å². The number of rotatable bonds is 2. The van der Waals surface area contributed by atoms with Gasteiger partial charge in [0, 0.05) is 6.04 Å². The highest BCUT2D eigenvalue weighted by molar-refractivity contribution is 5.13. The lowest BCUT2D eigenvalue weighted by atomic mass is 9.75. The highest BCUT2D eigenvalue weighted by Crippen LogP contribution is 2.41. The number of halogens is 3. The van der Waals surface area contributed by atoms with Gasteiger partial charge in [0.05, 0.1) is 5.92 Å². The molecule has 0 bridgehead atoms. The Hall–Kier alpha value is -0.510. The van der Waals surface area contributed by atoms with E-state index >= 15 is 0 Å². The second-order valence-corrected chi connectivity index (χ2v) is 6.41. The Labute approximate surface area is 119 Å². The Morgan fingerprint density at radius 3 is 2.30 bits per heavy atom. The second-order valence-electron chi connectivity index (χ2n) is 6.41. The van der Waals surface area contributed by atoms with Crippen molar-refractivity contribution < 1.29 is 13.2 Å². The third-order valence-electron chi connectivity index (χ3n) is 5.00. The van der Waals surface area contributed by atoms with Crippen molar-refractivity contribution in [1.29, 1.82) is 0 Å². The molecule has 2 aliphatic rings. The Bertz CT molecular complexity index is 327. The molecule has 0 amide bonds. The summed E-state index contributed by atoms with van der Waals surface area (Å²) in [7, 11) is 0. The fourth-order valence-electron chi connectivity index (χ4n) is 3.63. The van der Waals surface area contributed by atoms with Crippen molar-refractivity contribution in [2.75, 3.05) is 0 Å². The molecule has 0 aliphatic heterocycles. The van der Waals surface area contributed by atoms with Gasteiger partial charge >= 0.3 is 6.18 Å². The molecule has 2 rings (SSSR count). The Morgan fingerprint density at radius 2 is 1.65 bits per heavy atom. The first-order valence-corrected chi connectivity index (χ1v) is 7.99. The summed E-state index contributed by atoms with van der Waals surface area (Å²) in [5.74, 6) is -0.850. The van der Waals surface area contributed by atoms with E-state index in [1.54, 1.807) is 0 Å². The molecule has 0 spiro atoms. The molecule has 20 heavy (non-hydrogen) atoms. The minimum absolute atomic E-state index is 0.0118. The minimum Gasteiger partial charge on any atom is -0.324 e. The summed E-state index contributed by atoms with van der Waals surface area (Å²) in [5, 5.41) is 0. The molecule has 0 aromatic rings. The average molecular weight is 289 g/mol. The molecule has 0 heterocycles. The van der Waals surface area contributed by atoms with E-state index in [1.807, 2.05) is 0 Å². The molecular formula is C16H26F3N. The first-order chi connectivity index (χ1) is 9.48. The molecule has 1 unspecified atom stereocenters. The predicted octanol–water partition coefficient (Wildman–Crippen LogP) is 4.96. The molecule has 0 aromatic heterocycles. The number of hydrogen-bond donors (Lipinski definition) is 1. The summed E-state index contributed by atoms with van der Waals surface area (Å²) >= 11 is 0. The molecule has 1 saturated carbocycles. The molecule has 0 aromatic carbocycles. The monoisotopic (exact) mass is 289 g/mol. The Balaban J connectivity index is 1.89. The topological polar surface area (TPSA) is 26.0 Å². The van der Waals surface area contributed by atoms with E-state index in [0.717, 1.165) is 12.8 Å². The Kier molecular flexibility index (Phi) is 5.53. The molecule has 0 saturated heterocycles. The lowest BCUT2D eigenvalue weighted by Gasteiger charge is -2.34. The van der Waals surface area contributed by atoms with Crippen LogP contribution in [0.1, 0.15) is 64.2 Å². The maximum atomic E-state index is 12.7. The van der Waals surface area contributed by atoms with Crippen molar-refractivity contribution >= 4 is 0 Å². The van der Waals surface area contributed by atoms with E-state index in [-0.39, 0.29) is 24.8 Å². The van der Waals surface area contributed by atoms with Crippen LogP contribution in [0.2, 0.25) is 0 Å². The van der Waals surface area contributed by atoms with Crippen molar-refractivity contribution in [3.05, 3.63) is 11.6 Å². The molecule has 116 valence electrons. The zero-order chi connectivity index (χ0) is 14.6. The molecule has 0 radical (unpaired) electrons. The molecule has 1 atom stereocenters. The van der Waals surface area contributed by atoms with E-state index in [1.165, 1.54) is 31.3 Å². The normalized spacial score (nSPS) is 31.1. The zero-order valence-corrected chi connectivity index (χ0v) is 12.1. The average Bonchev–Trinajstić information content (AvgIpc) is 2.37. The van der Waals surface area contributed by atoms with Gasteiger partial charge in [0.1, 0.15) is 0 Å². The quantitative estimate of drug-likeness (QED) is 0.714. The van der Waals surface area contributed by atoms with Crippen molar-refractivity contribution in [3.63, 3.8) is 0 Å². The molecule has 2 N–H and O–H groups in total. The standard InChI is InChI=1S/C16H26F3N/c17-16(18,19)14-10-8-13(9-11-14)15(20)12-6-4-2-1-3-5-7-12/h6,13-15H,1-5,7-11,20H2. The van der Waals surface area contributed by atoms with Crippen molar-refractivity contribution in [2.45, 2.75) is 76.4 Å². The summed E-state index contributed by atoms with van der Waals surface area (Å²) in [6, 6.07) is -0.0118. The second kappa shape index (κ2) is 6.97. The van der Waals surface area contributed by atoms with Crippen molar-refractivity contribution in [2.24, 2.45) is 17.6 Å². The van der Waals surface area contributed by atoms with Gasteiger partial charge in [-0.3, -0.25) is 0 Å². The van der Waals surface area contributed by atoms with Crippen LogP contribution < -0.4 is 5.73 Å². The summed E-state index contributed by atoms with van der Waals surface area (Å²) in [4.78, 5) is 0. The first kappa shape index (κ1) is 15.9. The Morgan fingerprint density at radius 1 is 1.00 bits per heavy atom. The van der Waals surface area contributed by atoms with Crippen molar-refractivity contribution in [3.8, 4) is 0 Å². The maximum Gasteiger partial charge on any atom is 0.391 e. The summed E-state index contributed by atoms with van der Waals surface area (Å²) < 4.78 is 38.0. The van der Waals surface area contributed by atoms with E-state index in [0.29, 0.717) is 12.8 Å². The van der Waals surface area contributed by atoms with E-state index in [2.05, 4.69) is 6.08 Å². The van der Waals surface area contributed by atoms with Crippen LogP contribution in [0, 0.1) is 11.8 Å². The molecule has 2 aliphatic carbocycles. The van der Waals surface area contributed by atoms with Gasteiger partial charge < -0.3 is 5.73 Å². The number of hydrogen-bond acceptors (Lipinski definition) is 1. The summed E-state index contributed by atoms with van der Waals surface area (Å²) in [6.45, 7) is 0. The first-order valence-electron chi connectivity index (χ1n) is 7.99. The van der Waals surface area contributed by atoms with Gasteiger partial charge in [0.15, 0.2) is 0 Å². The maximum absolute atomic E-state index is 12.7. The zero-order valence-electron chi connectivity index (χ0n) is 12.1. The third-order valence-corrected chi connectivity index (χ3v) is 5.00. The van der Waals surface area contributed by atoms with Crippen LogP contribution in [0.25, 0.3) is 0 Å². The molecule has 1 fully saturated rings. The predicted molar refractivity (Wildman–Crippen MR) is 75.3 cm³/mol. The molecular weight excluding hydrogens is 263 g/mol. The number of allylic oxidation sites excluding steroid dienone is 1. The largest absolute Gasteiger partial charge is 0.391 e. The van der Waals surface area contributed by atoms with Crippen LogP contribution in [0.4, 0.5) is 13.2 Å². The van der Waals surface area contributed by atoms with Gasteiger partial charge in [-0.25, -0.2) is 0 Å². The highest BCUT2D eigenvalue weighted by atomic mass is 19.4. The van der Waals surface area contributed by atoms with Crippen LogP contribution in [0.5, 0.6) is 0 Å². The van der Waals surface area contributed by atoms with E-state index in [9.17, 15) is 13.2 Å². The van der Waals surface area contributed by atoms with Crippen LogP contribution in [-0.4, -0.2) is 12.2 Å². The minimum atomic E-state index is -4.02.